The van der Waals surface area contributed by atoms with Crippen molar-refractivity contribution >= 4 is 33.6 Å². The van der Waals surface area contributed by atoms with E-state index in [-0.39, 0.29) is 12.0 Å². The summed E-state index contributed by atoms with van der Waals surface area (Å²) in [7, 11) is 0. The summed E-state index contributed by atoms with van der Waals surface area (Å²) in [4.78, 5) is 14.6. The van der Waals surface area contributed by atoms with Gasteiger partial charge in [-0.1, -0.05) is 15.9 Å². The zero-order valence-corrected chi connectivity index (χ0v) is 11.7. The van der Waals surface area contributed by atoms with Crippen molar-refractivity contribution < 1.29 is 9.90 Å². The predicted molar refractivity (Wildman–Crippen MR) is 72.1 cm³/mol. The summed E-state index contributed by atoms with van der Waals surface area (Å²) in [6, 6.07) is 7.90. The highest BCUT2D eigenvalue weighted by Gasteiger charge is 2.24. The number of benzene rings is 1. The van der Waals surface area contributed by atoms with Gasteiger partial charge >= 0.3 is 0 Å². The van der Waals surface area contributed by atoms with Crippen LogP contribution in [0.5, 0.6) is 0 Å². The monoisotopic (exact) mass is 315 g/mol. The van der Waals surface area contributed by atoms with E-state index >= 15 is 0 Å². The van der Waals surface area contributed by atoms with Crippen molar-refractivity contribution in [1.29, 1.82) is 0 Å². The van der Waals surface area contributed by atoms with Gasteiger partial charge in [0.1, 0.15) is 0 Å². The molecule has 1 saturated heterocycles. The van der Waals surface area contributed by atoms with Crippen molar-refractivity contribution in [1.82, 2.24) is 4.90 Å². The number of halogens is 1. The van der Waals surface area contributed by atoms with Crippen molar-refractivity contribution in [2.45, 2.75) is 17.4 Å². The van der Waals surface area contributed by atoms with E-state index in [9.17, 15) is 9.90 Å². The first kappa shape index (κ1) is 12.9. The molecule has 1 aromatic rings. The lowest BCUT2D eigenvalue weighted by atomic mass is 10.3. The third-order valence-electron chi connectivity index (χ3n) is 2.69. The Hall–Kier alpha value is -0.520. The molecule has 0 radical (unpaired) electrons. The Balaban J connectivity index is 1.82. The van der Waals surface area contributed by atoms with Crippen LogP contribution in [0.2, 0.25) is 0 Å². The average molecular weight is 316 g/mol. The van der Waals surface area contributed by atoms with Crippen LogP contribution in [0.3, 0.4) is 0 Å². The van der Waals surface area contributed by atoms with Gasteiger partial charge in [0.05, 0.1) is 11.9 Å². The Morgan fingerprint density at radius 2 is 2.18 bits per heavy atom. The standard InChI is InChI=1S/C12H14BrNO2S/c13-9-1-3-11(4-2-9)17-8-12(16)14-6-5-10(15)7-14/h1-4,10,15H,5-8H2. The molecule has 17 heavy (non-hydrogen) atoms. The number of nitrogens with zero attached hydrogens (tertiary/aromatic N) is 1. The second-order valence-electron chi connectivity index (χ2n) is 4.02. The summed E-state index contributed by atoms with van der Waals surface area (Å²) < 4.78 is 1.04. The summed E-state index contributed by atoms with van der Waals surface area (Å²) in [5.74, 6) is 0.545. The molecule has 0 spiro atoms. The summed E-state index contributed by atoms with van der Waals surface area (Å²) >= 11 is 4.91. The van der Waals surface area contributed by atoms with Crippen LogP contribution < -0.4 is 0 Å². The highest BCUT2D eigenvalue weighted by molar-refractivity contribution is 9.10. The Kier molecular flexibility index (Phi) is 4.48. The van der Waals surface area contributed by atoms with Crippen molar-refractivity contribution in [3.63, 3.8) is 0 Å². The van der Waals surface area contributed by atoms with Crippen molar-refractivity contribution in [2.75, 3.05) is 18.8 Å². The van der Waals surface area contributed by atoms with Crippen LogP contribution in [0.15, 0.2) is 33.6 Å². The quantitative estimate of drug-likeness (QED) is 0.869. The summed E-state index contributed by atoms with van der Waals surface area (Å²) in [5, 5.41) is 9.36. The van der Waals surface area contributed by atoms with Gasteiger partial charge in [0.2, 0.25) is 5.91 Å². The Morgan fingerprint density at radius 3 is 2.76 bits per heavy atom. The number of β-amino-alcohol motifs (C(OH)–C–C–N with tert-alkyl or cyclic N) is 1. The Labute approximate surface area is 113 Å². The van der Waals surface area contributed by atoms with Gasteiger partial charge in [-0.05, 0) is 30.7 Å². The first-order valence-corrected chi connectivity index (χ1v) is 7.27. The van der Waals surface area contributed by atoms with Crippen LogP contribution in [0, 0.1) is 0 Å². The van der Waals surface area contributed by atoms with Crippen LogP contribution >= 0.6 is 27.7 Å². The third-order valence-corrected chi connectivity index (χ3v) is 4.22. The fourth-order valence-electron chi connectivity index (χ4n) is 1.74. The second kappa shape index (κ2) is 5.89. The van der Waals surface area contributed by atoms with Gasteiger partial charge in [-0.25, -0.2) is 0 Å². The SMILES string of the molecule is O=C(CSc1ccc(Br)cc1)N1CCC(O)C1. The number of amides is 1. The van der Waals surface area contributed by atoms with E-state index in [0.29, 0.717) is 25.3 Å². The van der Waals surface area contributed by atoms with Gasteiger partial charge < -0.3 is 10.0 Å². The van der Waals surface area contributed by atoms with Crippen LogP contribution in [0.4, 0.5) is 0 Å². The number of aliphatic hydroxyl groups excluding tert-OH is 1. The minimum Gasteiger partial charge on any atom is -0.391 e. The topological polar surface area (TPSA) is 40.5 Å². The number of hydrogen-bond donors (Lipinski definition) is 1. The molecule has 1 amide bonds. The molecule has 0 saturated carbocycles. The van der Waals surface area contributed by atoms with E-state index in [1.807, 2.05) is 24.3 Å². The molecule has 5 heteroatoms. The van der Waals surface area contributed by atoms with Crippen molar-refractivity contribution in [2.24, 2.45) is 0 Å². The maximum atomic E-state index is 11.8. The van der Waals surface area contributed by atoms with Crippen LogP contribution in [0.25, 0.3) is 0 Å². The van der Waals surface area contributed by atoms with E-state index in [0.717, 1.165) is 9.37 Å². The third kappa shape index (κ3) is 3.72. The summed E-state index contributed by atoms with van der Waals surface area (Å²) in [5.41, 5.74) is 0. The molecule has 1 N–H and O–H groups in total. The van der Waals surface area contributed by atoms with Crippen molar-refractivity contribution in [3.05, 3.63) is 28.7 Å². The van der Waals surface area contributed by atoms with E-state index < -0.39 is 0 Å². The zero-order valence-electron chi connectivity index (χ0n) is 9.30. The fraction of sp³-hybridized carbons (Fsp3) is 0.417. The van der Waals surface area contributed by atoms with Crippen molar-refractivity contribution in [3.8, 4) is 0 Å². The average Bonchev–Trinajstić information content (AvgIpc) is 2.75. The molecular weight excluding hydrogens is 302 g/mol. The smallest absolute Gasteiger partial charge is 0.233 e. The van der Waals surface area contributed by atoms with E-state index in [1.165, 1.54) is 11.8 Å². The van der Waals surface area contributed by atoms with E-state index in [4.69, 9.17) is 0 Å². The fourth-order valence-corrected chi connectivity index (χ4v) is 2.80. The highest BCUT2D eigenvalue weighted by Crippen LogP contribution is 2.21. The molecular formula is C12H14BrNO2S. The number of likely N-dealkylation sites (tertiary alicyclic amines) is 1. The summed E-state index contributed by atoms with van der Waals surface area (Å²) in [6.45, 7) is 1.17. The molecule has 1 aliphatic heterocycles. The Morgan fingerprint density at radius 1 is 1.47 bits per heavy atom. The lowest BCUT2D eigenvalue weighted by Crippen LogP contribution is -2.30. The van der Waals surface area contributed by atoms with Gasteiger partial charge in [0.25, 0.3) is 0 Å². The van der Waals surface area contributed by atoms with Gasteiger partial charge in [-0.2, -0.15) is 0 Å². The van der Waals surface area contributed by atoms with Crippen LogP contribution in [-0.4, -0.2) is 40.9 Å². The molecule has 0 aliphatic carbocycles. The molecule has 1 fully saturated rings. The molecule has 92 valence electrons. The van der Waals surface area contributed by atoms with E-state index in [1.54, 1.807) is 4.90 Å². The summed E-state index contributed by atoms with van der Waals surface area (Å²) in [6.07, 6.45) is 0.367. The van der Waals surface area contributed by atoms with Crippen LogP contribution in [-0.2, 0) is 4.79 Å². The molecule has 0 aromatic heterocycles. The number of rotatable bonds is 3. The van der Waals surface area contributed by atoms with E-state index in [2.05, 4.69) is 15.9 Å². The molecule has 1 heterocycles. The lowest BCUT2D eigenvalue weighted by molar-refractivity contribution is -0.127. The Bertz CT molecular complexity index is 396. The normalized spacial score (nSPS) is 19.6. The van der Waals surface area contributed by atoms with Gasteiger partial charge in [0.15, 0.2) is 0 Å². The number of thioether (sulfide) groups is 1. The van der Waals surface area contributed by atoms with Gasteiger partial charge in [0, 0.05) is 22.5 Å². The molecule has 2 rings (SSSR count). The molecule has 3 nitrogen and oxygen atoms in total. The molecule has 0 bridgehead atoms. The molecule has 1 aliphatic rings. The minimum atomic E-state index is -0.336. The molecule has 1 unspecified atom stereocenters. The maximum absolute atomic E-state index is 11.8. The second-order valence-corrected chi connectivity index (χ2v) is 5.99. The maximum Gasteiger partial charge on any atom is 0.233 e. The van der Waals surface area contributed by atoms with Crippen LogP contribution in [0.1, 0.15) is 6.42 Å². The predicted octanol–water partition coefficient (Wildman–Crippen LogP) is 2.13. The largest absolute Gasteiger partial charge is 0.391 e. The number of carbonyl (C=O) groups is 1. The first-order valence-electron chi connectivity index (χ1n) is 5.49. The number of carbonyl (C=O) groups excluding carboxylic acids is 1. The van der Waals surface area contributed by atoms with Gasteiger partial charge in [-0.15, -0.1) is 11.8 Å². The molecule has 1 aromatic carbocycles. The lowest BCUT2D eigenvalue weighted by Gasteiger charge is -2.14. The first-order chi connectivity index (χ1) is 8.15. The molecule has 1 atom stereocenters. The minimum absolute atomic E-state index is 0.106. The zero-order chi connectivity index (χ0) is 12.3. The highest BCUT2D eigenvalue weighted by atomic mass is 79.9. The number of aliphatic hydroxyl groups is 1. The number of hydrogen-bond acceptors (Lipinski definition) is 3. The van der Waals surface area contributed by atoms with Gasteiger partial charge in [-0.3, -0.25) is 4.79 Å².